The van der Waals surface area contributed by atoms with Crippen molar-refractivity contribution in [1.82, 2.24) is 4.98 Å². The summed E-state index contributed by atoms with van der Waals surface area (Å²) in [5, 5.41) is 10.9. The zero-order chi connectivity index (χ0) is 11.4. The maximum atomic E-state index is 10.5. The van der Waals surface area contributed by atoms with Crippen molar-refractivity contribution in [1.29, 1.82) is 0 Å². The van der Waals surface area contributed by atoms with Crippen LogP contribution >= 0.6 is 0 Å². The third kappa shape index (κ3) is 2.83. The Labute approximate surface area is 88.1 Å². The molecular weight excluding hydrogens is 196 g/mol. The topological polar surface area (TPSA) is 71.5 Å². The van der Waals surface area contributed by atoms with Crippen LogP contribution in [0.15, 0.2) is 6.07 Å². The predicted octanol–water partition coefficient (Wildman–Crippen LogP) is 2.19. The molecule has 15 heavy (non-hydrogen) atoms. The van der Waals surface area contributed by atoms with Gasteiger partial charge >= 0.3 is 6.09 Å². The monoisotopic (exact) mass is 210 g/mol. The van der Waals surface area contributed by atoms with Gasteiger partial charge in [-0.3, -0.25) is 5.32 Å². The first kappa shape index (κ1) is 11.3. The number of anilines is 1. The molecule has 0 aliphatic heterocycles. The average molecular weight is 210 g/mol. The second-order valence-electron chi connectivity index (χ2n) is 3.11. The lowest BCUT2D eigenvalue weighted by Gasteiger charge is -2.10. The van der Waals surface area contributed by atoms with Crippen LogP contribution in [0.3, 0.4) is 0 Å². The van der Waals surface area contributed by atoms with E-state index in [4.69, 9.17) is 9.84 Å². The molecule has 0 fully saturated rings. The molecule has 0 aliphatic rings. The number of carboxylic acid groups (broad SMARTS) is 1. The fraction of sp³-hybridized carbons (Fsp3) is 0.400. The Balaban J connectivity index is 3.02. The van der Waals surface area contributed by atoms with Gasteiger partial charge in [-0.25, -0.2) is 9.78 Å². The lowest BCUT2D eigenvalue weighted by atomic mass is 10.2. The number of hydrogen-bond donors (Lipinski definition) is 2. The number of aromatic nitrogens is 1. The highest BCUT2D eigenvalue weighted by molar-refractivity contribution is 5.83. The van der Waals surface area contributed by atoms with E-state index in [1.807, 2.05) is 13.8 Å². The fourth-order valence-electron chi connectivity index (χ4n) is 1.21. The van der Waals surface area contributed by atoms with E-state index in [0.717, 1.165) is 5.56 Å². The van der Waals surface area contributed by atoms with Crippen LogP contribution in [0.1, 0.15) is 18.2 Å². The van der Waals surface area contributed by atoms with Crippen LogP contribution in [-0.4, -0.2) is 22.8 Å². The van der Waals surface area contributed by atoms with Crippen molar-refractivity contribution in [2.75, 3.05) is 11.9 Å². The minimum atomic E-state index is -1.09. The molecule has 5 heteroatoms. The molecular formula is C10H14N2O3. The molecule has 1 rings (SSSR count). The van der Waals surface area contributed by atoms with Crippen molar-refractivity contribution in [2.24, 2.45) is 0 Å². The van der Waals surface area contributed by atoms with E-state index >= 15 is 0 Å². The molecule has 0 spiro atoms. The number of rotatable bonds is 3. The molecule has 0 unspecified atom stereocenters. The number of amides is 1. The summed E-state index contributed by atoms with van der Waals surface area (Å²) in [6.45, 7) is 5.97. The van der Waals surface area contributed by atoms with E-state index in [2.05, 4.69) is 10.3 Å². The molecule has 1 amide bonds. The van der Waals surface area contributed by atoms with E-state index in [-0.39, 0.29) is 0 Å². The second kappa shape index (κ2) is 4.63. The van der Waals surface area contributed by atoms with Crippen molar-refractivity contribution in [2.45, 2.75) is 20.8 Å². The summed E-state index contributed by atoms with van der Waals surface area (Å²) in [6, 6.07) is 1.71. The molecule has 0 bridgehead atoms. The van der Waals surface area contributed by atoms with Crippen molar-refractivity contribution in [3.05, 3.63) is 17.3 Å². The van der Waals surface area contributed by atoms with Crippen LogP contribution < -0.4 is 10.1 Å². The maximum Gasteiger partial charge on any atom is 0.409 e. The average Bonchev–Trinajstić information content (AvgIpc) is 2.13. The Morgan fingerprint density at radius 3 is 2.80 bits per heavy atom. The summed E-state index contributed by atoms with van der Waals surface area (Å²) >= 11 is 0. The number of carbonyl (C=O) groups is 1. The number of nitrogens with one attached hydrogen (secondary N) is 1. The van der Waals surface area contributed by atoms with Gasteiger partial charge < -0.3 is 9.84 Å². The van der Waals surface area contributed by atoms with Gasteiger partial charge in [0.1, 0.15) is 0 Å². The summed E-state index contributed by atoms with van der Waals surface area (Å²) in [7, 11) is 0. The van der Waals surface area contributed by atoms with Gasteiger partial charge in [0.2, 0.25) is 5.88 Å². The number of nitrogens with zero attached hydrogens (tertiary/aromatic N) is 1. The highest BCUT2D eigenvalue weighted by Crippen LogP contribution is 2.22. The minimum Gasteiger partial charge on any atom is -0.478 e. The Kier molecular flexibility index (Phi) is 3.49. The molecule has 0 atom stereocenters. The highest BCUT2D eigenvalue weighted by atomic mass is 16.5. The van der Waals surface area contributed by atoms with E-state index < -0.39 is 6.09 Å². The Hall–Kier alpha value is -1.78. The Morgan fingerprint density at radius 2 is 2.27 bits per heavy atom. The van der Waals surface area contributed by atoms with Crippen molar-refractivity contribution < 1.29 is 14.6 Å². The minimum absolute atomic E-state index is 0.489. The number of ether oxygens (including phenoxy) is 1. The lowest BCUT2D eigenvalue weighted by Crippen LogP contribution is -2.10. The largest absolute Gasteiger partial charge is 0.478 e. The second-order valence-corrected chi connectivity index (χ2v) is 3.11. The summed E-state index contributed by atoms with van der Waals surface area (Å²) in [4.78, 5) is 14.6. The van der Waals surface area contributed by atoms with Crippen LogP contribution in [0.5, 0.6) is 5.88 Å². The SMILES string of the molecule is CCOc1nc(C)c(NC(=O)O)cc1C. The van der Waals surface area contributed by atoms with E-state index in [1.165, 1.54) is 0 Å². The quantitative estimate of drug-likeness (QED) is 0.802. The maximum absolute atomic E-state index is 10.5. The van der Waals surface area contributed by atoms with Gasteiger partial charge in [0.05, 0.1) is 18.0 Å². The standard InChI is InChI=1S/C10H14N2O3/c1-4-15-9-6(2)5-8(7(3)11-9)12-10(13)14/h5,12H,4H2,1-3H3,(H,13,14). The zero-order valence-corrected chi connectivity index (χ0v) is 9.00. The van der Waals surface area contributed by atoms with Gasteiger partial charge in [0.25, 0.3) is 0 Å². The zero-order valence-electron chi connectivity index (χ0n) is 9.00. The molecule has 1 aromatic rings. The van der Waals surface area contributed by atoms with Crippen LogP contribution in [0.4, 0.5) is 10.5 Å². The van der Waals surface area contributed by atoms with E-state index in [9.17, 15) is 4.79 Å². The van der Waals surface area contributed by atoms with E-state index in [0.29, 0.717) is 23.9 Å². The summed E-state index contributed by atoms with van der Waals surface area (Å²) in [5.74, 6) is 0.547. The summed E-state index contributed by atoms with van der Waals surface area (Å²) in [6.07, 6.45) is -1.09. The lowest BCUT2D eigenvalue weighted by molar-refractivity contribution is 0.209. The first-order valence-electron chi connectivity index (χ1n) is 4.65. The summed E-state index contributed by atoms with van der Waals surface area (Å²) in [5.41, 5.74) is 1.90. The van der Waals surface area contributed by atoms with Crippen LogP contribution in [0.25, 0.3) is 0 Å². The molecule has 1 heterocycles. The number of pyridine rings is 1. The molecule has 1 aromatic heterocycles. The van der Waals surface area contributed by atoms with Crippen molar-refractivity contribution >= 4 is 11.8 Å². The van der Waals surface area contributed by atoms with Gasteiger partial charge in [-0.05, 0) is 26.8 Å². The normalized spacial score (nSPS) is 9.80. The third-order valence-electron chi connectivity index (χ3n) is 1.88. The molecule has 5 nitrogen and oxygen atoms in total. The molecule has 0 aromatic carbocycles. The molecule has 0 radical (unpaired) electrons. The van der Waals surface area contributed by atoms with Crippen LogP contribution in [0, 0.1) is 13.8 Å². The van der Waals surface area contributed by atoms with Gasteiger partial charge in [-0.15, -0.1) is 0 Å². The van der Waals surface area contributed by atoms with Crippen molar-refractivity contribution in [3.8, 4) is 5.88 Å². The third-order valence-corrected chi connectivity index (χ3v) is 1.88. The Morgan fingerprint density at radius 1 is 1.60 bits per heavy atom. The van der Waals surface area contributed by atoms with Crippen molar-refractivity contribution in [3.63, 3.8) is 0 Å². The molecule has 0 saturated carbocycles. The molecule has 82 valence electrons. The first-order chi connectivity index (χ1) is 7.04. The van der Waals surface area contributed by atoms with Crippen LogP contribution in [0.2, 0.25) is 0 Å². The number of hydrogen-bond acceptors (Lipinski definition) is 3. The molecule has 0 saturated heterocycles. The fourth-order valence-corrected chi connectivity index (χ4v) is 1.21. The predicted molar refractivity (Wildman–Crippen MR) is 56.5 cm³/mol. The van der Waals surface area contributed by atoms with Gasteiger partial charge in [-0.1, -0.05) is 0 Å². The first-order valence-corrected chi connectivity index (χ1v) is 4.65. The summed E-state index contributed by atoms with van der Waals surface area (Å²) < 4.78 is 5.29. The Bertz CT molecular complexity index is 377. The van der Waals surface area contributed by atoms with E-state index in [1.54, 1.807) is 13.0 Å². The van der Waals surface area contributed by atoms with Crippen LogP contribution in [-0.2, 0) is 0 Å². The van der Waals surface area contributed by atoms with Gasteiger partial charge in [0, 0.05) is 5.56 Å². The van der Waals surface area contributed by atoms with Gasteiger partial charge in [0.15, 0.2) is 0 Å². The molecule has 0 aliphatic carbocycles. The highest BCUT2D eigenvalue weighted by Gasteiger charge is 2.08. The number of aryl methyl sites for hydroxylation is 2. The molecule has 2 N–H and O–H groups in total. The smallest absolute Gasteiger partial charge is 0.409 e. The van der Waals surface area contributed by atoms with Gasteiger partial charge in [-0.2, -0.15) is 0 Å².